The standard InChI is InChI=1S/C16H19N7O2/c24-15(12-1-4-18-14(9-12)23-11-17-10-20-23)21-6-2-13(3-7-21)22-8-5-19-16(22)25/h1,4,9-11,13H,2-3,5-8H2,(H,19,25). The zero-order valence-electron chi connectivity index (χ0n) is 13.7. The number of nitrogens with one attached hydrogen (secondary N) is 1. The fraction of sp³-hybridized carbons (Fsp3) is 0.438. The lowest BCUT2D eigenvalue weighted by molar-refractivity contribution is 0.0666. The van der Waals surface area contributed by atoms with E-state index in [0.29, 0.717) is 31.0 Å². The lowest BCUT2D eigenvalue weighted by atomic mass is 10.0. The maximum atomic E-state index is 12.8. The van der Waals surface area contributed by atoms with Gasteiger partial charge in [0.1, 0.15) is 12.7 Å². The van der Waals surface area contributed by atoms with Gasteiger partial charge in [-0.3, -0.25) is 4.79 Å². The molecule has 25 heavy (non-hydrogen) atoms. The lowest BCUT2D eigenvalue weighted by Gasteiger charge is -2.36. The normalized spacial score (nSPS) is 18.5. The van der Waals surface area contributed by atoms with Gasteiger partial charge >= 0.3 is 6.03 Å². The molecule has 4 rings (SSSR count). The SMILES string of the molecule is O=C(c1ccnc(-n2cncn2)c1)N1CCC(N2CCNC2=O)CC1. The highest BCUT2D eigenvalue weighted by Gasteiger charge is 2.32. The minimum absolute atomic E-state index is 0.0105. The van der Waals surface area contributed by atoms with Gasteiger partial charge in [0.15, 0.2) is 5.82 Å². The van der Waals surface area contributed by atoms with Crippen molar-refractivity contribution in [2.24, 2.45) is 0 Å². The molecule has 2 aromatic heterocycles. The van der Waals surface area contributed by atoms with E-state index in [2.05, 4.69) is 20.4 Å². The van der Waals surface area contributed by atoms with E-state index >= 15 is 0 Å². The zero-order chi connectivity index (χ0) is 17.2. The molecule has 0 radical (unpaired) electrons. The van der Waals surface area contributed by atoms with E-state index in [1.54, 1.807) is 24.7 Å². The number of urea groups is 1. The number of pyridine rings is 1. The molecular formula is C16H19N7O2. The highest BCUT2D eigenvalue weighted by Crippen LogP contribution is 2.20. The maximum absolute atomic E-state index is 12.8. The van der Waals surface area contributed by atoms with Gasteiger partial charge in [0.25, 0.3) is 5.91 Å². The fourth-order valence-corrected chi connectivity index (χ4v) is 3.40. The molecular weight excluding hydrogens is 322 g/mol. The Bertz CT molecular complexity index is 769. The number of carbonyl (C=O) groups excluding carboxylic acids is 2. The van der Waals surface area contributed by atoms with Crippen molar-refractivity contribution in [1.82, 2.24) is 34.9 Å². The van der Waals surface area contributed by atoms with E-state index in [4.69, 9.17) is 0 Å². The van der Waals surface area contributed by atoms with Gasteiger partial charge in [0.05, 0.1) is 0 Å². The molecule has 2 aliphatic heterocycles. The van der Waals surface area contributed by atoms with Gasteiger partial charge in [-0.1, -0.05) is 0 Å². The molecule has 2 saturated heterocycles. The van der Waals surface area contributed by atoms with Crippen molar-refractivity contribution in [3.05, 3.63) is 36.5 Å². The first kappa shape index (κ1) is 15.6. The summed E-state index contributed by atoms with van der Waals surface area (Å²) in [5.74, 6) is 0.542. The van der Waals surface area contributed by atoms with Crippen LogP contribution in [-0.4, -0.2) is 73.7 Å². The van der Waals surface area contributed by atoms with Crippen molar-refractivity contribution in [1.29, 1.82) is 0 Å². The molecule has 2 aromatic rings. The minimum atomic E-state index is -0.0203. The Morgan fingerprint density at radius 2 is 2.08 bits per heavy atom. The Hall–Kier alpha value is -2.97. The fourth-order valence-electron chi connectivity index (χ4n) is 3.40. The van der Waals surface area contributed by atoms with Crippen molar-refractivity contribution < 1.29 is 9.59 Å². The molecule has 2 aliphatic rings. The Balaban J connectivity index is 1.42. The van der Waals surface area contributed by atoms with Crippen LogP contribution in [0, 0.1) is 0 Å². The van der Waals surface area contributed by atoms with Crippen molar-refractivity contribution in [2.45, 2.75) is 18.9 Å². The highest BCUT2D eigenvalue weighted by molar-refractivity contribution is 5.94. The van der Waals surface area contributed by atoms with Crippen LogP contribution in [0.25, 0.3) is 5.82 Å². The van der Waals surface area contributed by atoms with E-state index in [0.717, 1.165) is 19.4 Å². The third-order valence-corrected chi connectivity index (χ3v) is 4.73. The van der Waals surface area contributed by atoms with Crippen LogP contribution in [0.3, 0.4) is 0 Å². The summed E-state index contributed by atoms with van der Waals surface area (Å²) < 4.78 is 1.52. The summed E-state index contributed by atoms with van der Waals surface area (Å²) >= 11 is 0. The van der Waals surface area contributed by atoms with Crippen molar-refractivity contribution in [3.63, 3.8) is 0 Å². The summed E-state index contributed by atoms with van der Waals surface area (Å²) in [6.45, 7) is 2.76. The van der Waals surface area contributed by atoms with Gasteiger partial charge in [-0.15, -0.1) is 0 Å². The summed E-state index contributed by atoms with van der Waals surface area (Å²) in [4.78, 5) is 36.4. The molecule has 0 aliphatic carbocycles. The monoisotopic (exact) mass is 341 g/mol. The molecule has 0 aromatic carbocycles. The summed E-state index contributed by atoms with van der Waals surface area (Å²) in [5.41, 5.74) is 0.581. The van der Waals surface area contributed by atoms with E-state index in [-0.39, 0.29) is 18.0 Å². The number of aromatic nitrogens is 4. The molecule has 9 nitrogen and oxygen atoms in total. The van der Waals surface area contributed by atoms with Crippen molar-refractivity contribution in [2.75, 3.05) is 26.2 Å². The number of likely N-dealkylation sites (tertiary alicyclic amines) is 1. The number of nitrogens with zero attached hydrogens (tertiary/aromatic N) is 6. The minimum Gasteiger partial charge on any atom is -0.338 e. The van der Waals surface area contributed by atoms with Crippen LogP contribution in [-0.2, 0) is 0 Å². The molecule has 9 heteroatoms. The van der Waals surface area contributed by atoms with Crippen molar-refractivity contribution >= 4 is 11.9 Å². The number of piperidine rings is 1. The smallest absolute Gasteiger partial charge is 0.317 e. The highest BCUT2D eigenvalue weighted by atomic mass is 16.2. The van der Waals surface area contributed by atoms with Gasteiger partial charge in [-0.2, -0.15) is 5.10 Å². The van der Waals surface area contributed by atoms with Crippen LogP contribution in [0.2, 0.25) is 0 Å². The molecule has 3 amide bonds. The number of hydrogen-bond donors (Lipinski definition) is 1. The third-order valence-electron chi connectivity index (χ3n) is 4.73. The zero-order valence-corrected chi connectivity index (χ0v) is 13.7. The van der Waals surface area contributed by atoms with Gasteiger partial charge in [0.2, 0.25) is 0 Å². The van der Waals surface area contributed by atoms with Gasteiger partial charge < -0.3 is 15.1 Å². The van der Waals surface area contributed by atoms with E-state index < -0.39 is 0 Å². The van der Waals surface area contributed by atoms with Crippen LogP contribution in [0.1, 0.15) is 23.2 Å². The molecule has 0 spiro atoms. The second kappa shape index (κ2) is 6.50. The largest absolute Gasteiger partial charge is 0.338 e. The number of carbonyl (C=O) groups is 2. The van der Waals surface area contributed by atoms with Crippen molar-refractivity contribution in [3.8, 4) is 5.82 Å². The second-order valence-electron chi connectivity index (χ2n) is 6.19. The molecule has 2 fully saturated rings. The Kier molecular flexibility index (Phi) is 4.04. The quantitative estimate of drug-likeness (QED) is 0.866. The van der Waals surface area contributed by atoms with Crippen LogP contribution >= 0.6 is 0 Å². The first-order valence-electron chi connectivity index (χ1n) is 8.37. The molecule has 1 N–H and O–H groups in total. The summed E-state index contributed by atoms with van der Waals surface area (Å²) in [6, 6.07) is 3.66. The Labute approximate surface area is 144 Å². The first-order chi connectivity index (χ1) is 12.2. The van der Waals surface area contributed by atoms with E-state index in [1.165, 1.54) is 11.0 Å². The molecule has 0 atom stereocenters. The van der Waals surface area contributed by atoms with Gasteiger partial charge in [-0.05, 0) is 25.0 Å². The summed E-state index contributed by atoms with van der Waals surface area (Å²) in [5, 5.41) is 6.87. The second-order valence-corrected chi connectivity index (χ2v) is 6.19. The number of rotatable bonds is 3. The van der Waals surface area contributed by atoms with Gasteiger partial charge in [-0.25, -0.2) is 19.4 Å². The number of amides is 3. The predicted octanol–water partition coefficient (Wildman–Crippen LogP) is 0.292. The maximum Gasteiger partial charge on any atom is 0.317 e. The van der Waals surface area contributed by atoms with Crippen LogP contribution in [0.5, 0.6) is 0 Å². The Morgan fingerprint density at radius 3 is 2.76 bits per heavy atom. The molecule has 0 unspecified atom stereocenters. The average molecular weight is 341 g/mol. The predicted molar refractivity (Wildman–Crippen MR) is 88.2 cm³/mol. The summed E-state index contributed by atoms with van der Waals surface area (Å²) in [6.07, 6.45) is 6.19. The van der Waals surface area contributed by atoms with Gasteiger partial charge in [0, 0.05) is 44.0 Å². The number of hydrogen-bond acceptors (Lipinski definition) is 5. The molecule has 4 heterocycles. The first-order valence-corrected chi connectivity index (χ1v) is 8.37. The van der Waals surface area contributed by atoms with E-state index in [9.17, 15) is 9.59 Å². The third kappa shape index (κ3) is 3.04. The van der Waals surface area contributed by atoms with Crippen LogP contribution < -0.4 is 5.32 Å². The Morgan fingerprint density at radius 1 is 1.24 bits per heavy atom. The molecule has 130 valence electrons. The average Bonchev–Trinajstić information content (AvgIpc) is 3.33. The lowest BCUT2D eigenvalue weighted by Crippen LogP contribution is -2.47. The van der Waals surface area contributed by atoms with Crippen LogP contribution in [0.4, 0.5) is 4.79 Å². The topological polar surface area (TPSA) is 96.2 Å². The molecule has 0 bridgehead atoms. The van der Waals surface area contributed by atoms with E-state index in [1.807, 2.05) is 9.80 Å². The summed E-state index contributed by atoms with van der Waals surface area (Å²) in [7, 11) is 0. The molecule has 0 saturated carbocycles. The van der Waals surface area contributed by atoms with Crippen LogP contribution in [0.15, 0.2) is 31.0 Å².